The molecule has 0 saturated carbocycles. The molecule has 4 aromatic rings. The minimum atomic E-state index is -0.186. The maximum absolute atomic E-state index is 8.88. The number of aromatic nitrogens is 3. The van der Waals surface area contributed by atoms with Crippen molar-refractivity contribution in [1.82, 2.24) is 20.4 Å². The van der Waals surface area contributed by atoms with Crippen LogP contribution in [0.2, 0.25) is 0 Å². The molecule has 182 valence electrons. The first-order chi connectivity index (χ1) is 17.0. The highest BCUT2D eigenvalue weighted by Gasteiger charge is 2.32. The van der Waals surface area contributed by atoms with Crippen molar-refractivity contribution < 1.29 is 14.4 Å². The van der Waals surface area contributed by atoms with E-state index in [-0.39, 0.29) is 12.0 Å². The van der Waals surface area contributed by atoms with Crippen LogP contribution in [0.3, 0.4) is 0 Å². The minimum Gasteiger partial charge on any atom is -0.487 e. The van der Waals surface area contributed by atoms with Crippen LogP contribution >= 0.6 is 0 Å². The minimum absolute atomic E-state index is 0.0675. The topological polar surface area (TPSA) is 93.3 Å². The van der Waals surface area contributed by atoms with Gasteiger partial charge >= 0.3 is 0 Å². The summed E-state index contributed by atoms with van der Waals surface area (Å²) in [5, 5.41) is 16.0. The first-order valence-corrected chi connectivity index (χ1v) is 11.9. The molecule has 2 N–H and O–H groups in total. The highest BCUT2D eigenvalue weighted by Crippen LogP contribution is 2.40. The monoisotopic (exact) mass is 472 g/mol. The molecule has 0 aliphatic heterocycles. The zero-order chi connectivity index (χ0) is 24.7. The molecule has 0 amide bonds. The van der Waals surface area contributed by atoms with Gasteiger partial charge in [0.1, 0.15) is 12.4 Å². The third-order valence-corrected chi connectivity index (χ3v) is 6.50. The van der Waals surface area contributed by atoms with Gasteiger partial charge < -0.3 is 19.7 Å². The van der Waals surface area contributed by atoms with Crippen LogP contribution in [-0.2, 0) is 18.6 Å². The average Bonchev–Trinajstić information content (AvgIpc) is 3.37. The summed E-state index contributed by atoms with van der Waals surface area (Å²) in [4.78, 5) is 8.75. The number of hydrogen-bond acceptors (Lipinski definition) is 7. The lowest BCUT2D eigenvalue weighted by Gasteiger charge is -2.35. The summed E-state index contributed by atoms with van der Waals surface area (Å²) < 4.78 is 11.2. The molecule has 2 aromatic carbocycles. The molecule has 7 heteroatoms. The van der Waals surface area contributed by atoms with Crippen molar-refractivity contribution >= 4 is 0 Å². The van der Waals surface area contributed by atoms with Gasteiger partial charge in [-0.1, -0.05) is 68.4 Å². The van der Waals surface area contributed by atoms with Crippen molar-refractivity contribution in [2.75, 3.05) is 13.2 Å². The maximum Gasteiger partial charge on any atom is 0.240 e. The molecule has 0 aliphatic rings. The molecule has 0 bridgehead atoms. The van der Waals surface area contributed by atoms with E-state index in [9.17, 15) is 0 Å². The van der Waals surface area contributed by atoms with Gasteiger partial charge in [0.05, 0.1) is 18.8 Å². The predicted molar refractivity (Wildman–Crippen MR) is 135 cm³/mol. The Bertz CT molecular complexity index is 1190. The van der Waals surface area contributed by atoms with Gasteiger partial charge in [0.15, 0.2) is 0 Å². The maximum atomic E-state index is 8.88. The molecule has 0 fully saturated rings. The summed E-state index contributed by atoms with van der Waals surface area (Å²) in [6, 6.07) is 22.5. The third-order valence-electron chi connectivity index (χ3n) is 6.50. The molecule has 1 unspecified atom stereocenters. The average molecular weight is 473 g/mol. The van der Waals surface area contributed by atoms with Crippen molar-refractivity contribution in [2.24, 2.45) is 5.92 Å². The number of pyridine rings is 1. The number of ether oxygens (including phenoxy) is 1. The lowest BCUT2D eigenvalue weighted by Crippen LogP contribution is -2.30. The van der Waals surface area contributed by atoms with Gasteiger partial charge in [-0.2, -0.15) is 4.98 Å². The number of aliphatic hydroxyl groups excluding tert-OH is 1. The zero-order valence-electron chi connectivity index (χ0n) is 20.4. The van der Waals surface area contributed by atoms with Crippen LogP contribution < -0.4 is 10.1 Å². The van der Waals surface area contributed by atoms with Crippen molar-refractivity contribution in [3.8, 4) is 17.1 Å². The van der Waals surface area contributed by atoms with E-state index >= 15 is 0 Å². The van der Waals surface area contributed by atoms with Crippen LogP contribution in [-0.4, -0.2) is 33.4 Å². The number of rotatable bonds is 11. The van der Waals surface area contributed by atoms with Crippen LogP contribution in [0.1, 0.15) is 43.5 Å². The van der Waals surface area contributed by atoms with E-state index in [1.54, 1.807) is 6.20 Å². The Morgan fingerprint density at radius 1 is 1.00 bits per heavy atom. The Morgan fingerprint density at radius 2 is 1.71 bits per heavy atom. The number of benzene rings is 2. The predicted octanol–water partition coefficient (Wildman–Crippen LogP) is 4.75. The largest absolute Gasteiger partial charge is 0.487 e. The Balaban J connectivity index is 1.49. The van der Waals surface area contributed by atoms with Crippen LogP contribution in [0.15, 0.2) is 77.4 Å². The van der Waals surface area contributed by atoms with Gasteiger partial charge in [0, 0.05) is 23.7 Å². The van der Waals surface area contributed by atoms with Crippen molar-refractivity contribution in [3.63, 3.8) is 0 Å². The molecule has 0 aliphatic carbocycles. The number of nitrogens with zero attached hydrogens (tertiary/aromatic N) is 3. The fourth-order valence-electron chi connectivity index (χ4n) is 4.06. The molecule has 0 saturated heterocycles. The summed E-state index contributed by atoms with van der Waals surface area (Å²) in [7, 11) is 0. The Morgan fingerprint density at radius 3 is 2.34 bits per heavy atom. The van der Waals surface area contributed by atoms with Gasteiger partial charge in [-0.3, -0.25) is 4.98 Å². The van der Waals surface area contributed by atoms with Crippen molar-refractivity contribution in [1.29, 1.82) is 0 Å². The molecule has 4 rings (SSSR count). The molecule has 2 heterocycles. The van der Waals surface area contributed by atoms with Gasteiger partial charge in [0.25, 0.3) is 0 Å². The van der Waals surface area contributed by atoms with E-state index in [1.165, 1.54) is 11.1 Å². The first-order valence-electron chi connectivity index (χ1n) is 11.9. The zero-order valence-corrected chi connectivity index (χ0v) is 20.4. The van der Waals surface area contributed by atoms with E-state index in [1.807, 2.05) is 42.5 Å². The van der Waals surface area contributed by atoms with Gasteiger partial charge in [-0.25, -0.2) is 0 Å². The highest BCUT2D eigenvalue weighted by atomic mass is 16.5. The normalized spacial score (nSPS) is 13.1. The second-order valence-electron chi connectivity index (χ2n) is 8.98. The van der Waals surface area contributed by atoms with Crippen LogP contribution in [0.25, 0.3) is 11.4 Å². The van der Waals surface area contributed by atoms with E-state index in [4.69, 9.17) is 14.4 Å². The molecular formula is C28H32N4O3. The summed E-state index contributed by atoms with van der Waals surface area (Å²) in [5.41, 5.74) is 4.05. The molecule has 7 nitrogen and oxygen atoms in total. The lowest BCUT2D eigenvalue weighted by atomic mass is 9.68. The standard InChI is InChI=1S/C28H32N4O3/c1-20(2)28(3,23-11-13-25(14-12-23)34-19-24-6-4-5-15-30-24)22-9-7-21(8-10-22)27-31-26(35-32-27)18-29-16-17-33/h4-15,20,29,33H,16-19H2,1-3H3. The molecule has 0 radical (unpaired) electrons. The number of aliphatic hydroxyl groups is 1. The summed E-state index contributed by atoms with van der Waals surface area (Å²) in [5.74, 6) is 2.23. The van der Waals surface area contributed by atoms with Crippen LogP contribution in [0.4, 0.5) is 0 Å². The first kappa shape index (κ1) is 24.6. The molecule has 0 spiro atoms. The Labute approximate surface area is 206 Å². The summed E-state index contributed by atoms with van der Waals surface area (Å²) in [6.07, 6.45) is 1.77. The Hall–Kier alpha value is -3.55. The third kappa shape index (κ3) is 5.75. The number of hydrogen-bond donors (Lipinski definition) is 2. The van der Waals surface area contributed by atoms with Gasteiger partial charge in [0.2, 0.25) is 11.7 Å². The molecular weight excluding hydrogens is 440 g/mol. The van der Waals surface area contributed by atoms with Gasteiger partial charge in [-0.15, -0.1) is 0 Å². The smallest absolute Gasteiger partial charge is 0.240 e. The van der Waals surface area contributed by atoms with E-state index in [2.05, 4.69) is 65.5 Å². The second kappa shape index (κ2) is 11.3. The second-order valence-corrected chi connectivity index (χ2v) is 8.98. The van der Waals surface area contributed by atoms with Gasteiger partial charge in [-0.05, 0) is 41.3 Å². The molecule has 1 atom stereocenters. The number of nitrogens with one attached hydrogen (secondary N) is 1. The molecule has 2 aromatic heterocycles. The van der Waals surface area contributed by atoms with Crippen molar-refractivity contribution in [2.45, 2.75) is 39.3 Å². The van der Waals surface area contributed by atoms with Crippen LogP contribution in [0.5, 0.6) is 5.75 Å². The Kier molecular flexibility index (Phi) is 7.90. The fourth-order valence-corrected chi connectivity index (χ4v) is 4.06. The summed E-state index contributed by atoms with van der Waals surface area (Å²) >= 11 is 0. The van der Waals surface area contributed by atoms with E-state index < -0.39 is 0 Å². The highest BCUT2D eigenvalue weighted by molar-refractivity contribution is 5.56. The van der Waals surface area contributed by atoms with Crippen LogP contribution in [0, 0.1) is 5.92 Å². The quantitative estimate of drug-likeness (QED) is 0.304. The molecule has 35 heavy (non-hydrogen) atoms. The lowest BCUT2D eigenvalue weighted by molar-refractivity contribution is 0.286. The van der Waals surface area contributed by atoms with Crippen molar-refractivity contribution in [3.05, 3.63) is 95.6 Å². The SMILES string of the molecule is CC(C)C(C)(c1ccc(OCc2ccccn2)cc1)c1ccc(-c2noc(CNCCO)n2)cc1. The van der Waals surface area contributed by atoms with E-state index in [0.717, 1.165) is 17.0 Å². The fraction of sp³-hybridized carbons (Fsp3) is 0.321. The summed E-state index contributed by atoms with van der Waals surface area (Å²) in [6.45, 7) is 8.18. The van der Waals surface area contributed by atoms with E-state index in [0.29, 0.717) is 37.3 Å².